The van der Waals surface area contributed by atoms with Crippen LogP contribution in [0.2, 0.25) is 0 Å². The van der Waals surface area contributed by atoms with E-state index >= 15 is 0 Å². The number of benzene rings is 1. The van der Waals surface area contributed by atoms with Crippen LogP contribution in [0.3, 0.4) is 0 Å². The number of hydrogen-bond donors (Lipinski definition) is 2. The molecule has 1 aromatic carbocycles. The predicted octanol–water partition coefficient (Wildman–Crippen LogP) is 1.41. The average molecular weight is 314 g/mol. The van der Waals surface area contributed by atoms with Crippen LogP contribution in [0.25, 0.3) is 6.08 Å². The van der Waals surface area contributed by atoms with Gasteiger partial charge in [0.15, 0.2) is 0 Å². The van der Waals surface area contributed by atoms with E-state index in [2.05, 4.69) is 5.32 Å². The normalized spacial score (nSPS) is 21.2. The number of carboxylic acid groups (broad SMARTS) is 1. The van der Waals surface area contributed by atoms with Crippen LogP contribution in [-0.2, 0) is 16.1 Å². The molecule has 1 unspecified atom stereocenters. The molecule has 2 N–H and O–H groups in total. The summed E-state index contributed by atoms with van der Waals surface area (Å²) in [6.45, 7) is 0.989. The van der Waals surface area contributed by atoms with E-state index < -0.39 is 12.0 Å². The van der Waals surface area contributed by atoms with Gasteiger partial charge in [0.2, 0.25) is 5.91 Å². The van der Waals surface area contributed by atoms with E-state index in [0.717, 1.165) is 24.5 Å². The van der Waals surface area contributed by atoms with E-state index in [9.17, 15) is 14.4 Å². The van der Waals surface area contributed by atoms with E-state index in [0.29, 0.717) is 30.6 Å². The Balaban J connectivity index is 1.90. The molecule has 1 atom stereocenters. The molecule has 0 saturated carbocycles. The summed E-state index contributed by atoms with van der Waals surface area (Å²) in [6, 6.07) is 4.79. The summed E-state index contributed by atoms with van der Waals surface area (Å²) in [5.74, 6) is -1.30. The number of nitrogens with zero attached hydrogens (tertiary/aromatic N) is 1. The number of carbonyl (C=O) groups excluding carboxylic acids is 2. The predicted molar refractivity (Wildman–Crippen MR) is 83.6 cm³/mol. The van der Waals surface area contributed by atoms with E-state index in [1.165, 1.54) is 6.08 Å². The summed E-state index contributed by atoms with van der Waals surface area (Å²) in [6.07, 6.45) is 5.03. The molecule has 2 amide bonds. The first kappa shape index (κ1) is 15.3. The minimum atomic E-state index is -1.04. The Hall–Kier alpha value is -2.63. The van der Waals surface area contributed by atoms with Gasteiger partial charge < -0.3 is 15.3 Å². The van der Waals surface area contributed by atoms with E-state index in [1.807, 2.05) is 0 Å². The smallest absolute Gasteiger partial charge is 0.328 e. The highest BCUT2D eigenvalue weighted by molar-refractivity contribution is 6.02. The largest absolute Gasteiger partial charge is 0.478 e. The summed E-state index contributed by atoms with van der Waals surface area (Å²) in [5, 5.41) is 11.6. The standard InChI is InChI=1S/C17H18N2O4/c20-15(21)8-7-11-4-3-5-12-13(11)10-19(17(12)23)14-6-1-2-9-18-16(14)22/h3-5,7-8,14H,1-2,6,9-10H2,(H,18,22)(H,20,21). The second-order valence-corrected chi connectivity index (χ2v) is 5.78. The zero-order valence-electron chi connectivity index (χ0n) is 12.6. The maximum Gasteiger partial charge on any atom is 0.328 e. The highest BCUT2D eigenvalue weighted by Gasteiger charge is 2.37. The molecular weight excluding hydrogens is 296 g/mol. The van der Waals surface area contributed by atoms with Gasteiger partial charge in [-0.25, -0.2) is 4.79 Å². The Morgan fingerprint density at radius 2 is 2.13 bits per heavy atom. The highest BCUT2D eigenvalue weighted by atomic mass is 16.4. The van der Waals surface area contributed by atoms with Gasteiger partial charge in [0.25, 0.3) is 5.91 Å². The first-order chi connectivity index (χ1) is 11.1. The Kier molecular flexibility index (Phi) is 4.14. The van der Waals surface area contributed by atoms with Crippen LogP contribution in [0.15, 0.2) is 24.3 Å². The van der Waals surface area contributed by atoms with Crippen LogP contribution in [0.4, 0.5) is 0 Å². The average Bonchev–Trinajstić information content (AvgIpc) is 2.71. The third-order valence-electron chi connectivity index (χ3n) is 4.32. The molecule has 6 heteroatoms. The van der Waals surface area contributed by atoms with Crippen molar-refractivity contribution in [1.82, 2.24) is 10.2 Å². The Morgan fingerprint density at radius 3 is 2.91 bits per heavy atom. The van der Waals surface area contributed by atoms with Gasteiger partial charge in [0.05, 0.1) is 0 Å². The molecule has 3 rings (SSSR count). The summed E-state index contributed by atoms with van der Waals surface area (Å²) < 4.78 is 0. The first-order valence-electron chi connectivity index (χ1n) is 7.69. The van der Waals surface area contributed by atoms with Crippen LogP contribution >= 0.6 is 0 Å². The first-order valence-corrected chi connectivity index (χ1v) is 7.69. The maximum atomic E-state index is 12.6. The third kappa shape index (κ3) is 2.97. The van der Waals surface area contributed by atoms with Crippen molar-refractivity contribution < 1.29 is 19.5 Å². The number of hydrogen-bond acceptors (Lipinski definition) is 3. The topological polar surface area (TPSA) is 86.7 Å². The van der Waals surface area contributed by atoms with Crippen LogP contribution in [0, 0.1) is 0 Å². The Bertz CT molecular complexity index is 696. The molecule has 2 aliphatic heterocycles. The number of rotatable bonds is 3. The van der Waals surface area contributed by atoms with Crippen molar-refractivity contribution in [2.45, 2.75) is 31.8 Å². The fraction of sp³-hybridized carbons (Fsp3) is 0.353. The van der Waals surface area contributed by atoms with Crippen molar-refractivity contribution in [2.24, 2.45) is 0 Å². The van der Waals surface area contributed by atoms with Gasteiger partial charge in [-0.15, -0.1) is 0 Å². The molecule has 0 spiro atoms. The lowest BCUT2D eigenvalue weighted by atomic mass is 10.0. The molecule has 6 nitrogen and oxygen atoms in total. The number of carbonyl (C=O) groups is 3. The molecule has 1 aromatic rings. The molecule has 1 fully saturated rings. The minimum absolute atomic E-state index is 0.105. The number of fused-ring (bicyclic) bond motifs is 1. The number of amides is 2. The Labute approximate surface area is 133 Å². The summed E-state index contributed by atoms with van der Waals surface area (Å²) >= 11 is 0. The van der Waals surface area contributed by atoms with Crippen molar-refractivity contribution in [3.8, 4) is 0 Å². The number of carboxylic acids is 1. The fourth-order valence-corrected chi connectivity index (χ4v) is 3.17. The summed E-state index contributed by atoms with van der Waals surface area (Å²) in [7, 11) is 0. The van der Waals surface area contributed by atoms with Gasteiger partial charge in [-0.1, -0.05) is 12.1 Å². The van der Waals surface area contributed by atoms with E-state index in [4.69, 9.17) is 5.11 Å². The quantitative estimate of drug-likeness (QED) is 0.826. The van der Waals surface area contributed by atoms with Gasteiger partial charge in [-0.05, 0) is 42.5 Å². The lowest BCUT2D eigenvalue weighted by Crippen LogP contribution is -2.45. The lowest BCUT2D eigenvalue weighted by Gasteiger charge is -2.25. The molecule has 1 saturated heterocycles. The number of aliphatic carboxylic acids is 1. The zero-order valence-corrected chi connectivity index (χ0v) is 12.6. The molecule has 0 bridgehead atoms. The second-order valence-electron chi connectivity index (χ2n) is 5.78. The molecule has 23 heavy (non-hydrogen) atoms. The van der Waals surface area contributed by atoms with Gasteiger partial charge >= 0.3 is 5.97 Å². The second kappa shape index (κ2) is 6.24. The molecule has 0 aromatic heterocycles. The van der Waals surface area contributed by atoms with Gasteiger partial charge in [-0.2, -0.15) is 0 Å². The molecule has 2 heterocycles. The molecule has 120 valence electrons. The monoisotopic (exact) mass is 314 g/mol. The number of nitrogens with one attached hydrogen (secondary N) is 1. The van der Waals surface area contributed by atoms with Gasteiger partial charge in [0, 0.05) is 24.7 Å². The maximum absolute atomic E-state index is 12.6. The van der Waals surface area contributed by atoms with E-state index in [1.54, 1.807) is 23.1 Å². The van der Waals surface area contributed by atoms with Crippen LogP contribution in [-0.4, -0.2) is 40.4 Å². The van der Waals surface area contributed by atoms with E-state index in [-0.39, 0.29) is 11.8 Å². The molecule has 0 aliphatic carbocycles. The zero-order chi connectivity index (χ0) is 16.4. The van der Waals surface area contributed by atoms with Crippen LogP contribution in [0.1, 0.15) is 40.7 Å². The third-order valence-corrected chi connectivity index (χ3v) is 4.32. The van der Waals surface area contributed by atoms with Crippen molar-refractivity contribution in [1.29, 1.82) is 0 Å². The Morgan fingerprint density at radius 1 is 1.30 bits per heavy atom. The summed E-state index contributed by atoms with van der Waals surface area (Å²) in [4.78, 5) is 37.2. The molecule has 0 radical (unpaired) electrons. The van der Waals surface area contributed by atoms with Crippen LogP contribution < -0.4 is 5.32 Å². The van der Waals surface area contributed by atoms with Crippen molar-refractivity contribution in [3.05, 3.63) is 41.0 Å². The minimum Gasteiger partial charge on any atom is -0.478 e. The summed E-state index contributed by atoms with van der Waals surface area (Å²) in [5.41, 5.74) is 2.04. The van der Waals surface area contributed by atoms with Crippen LogP contribution in [0.5, 0.6) is 0 Å². The van der Waals surface area contributed by atoms with Crippen molar-refractivity contribution in [3.63, 3.8) is 0 Å². The van der Waals surface area contributed by atoms with Gasteiger partial charge in [0.1, 0.15) is 6.04 Å². The SMILES string of the molecule is O=C(O)C=Cc1cccc2c1CN(C1CCCCNC1=O)C2=O. The highest BCUT2D eigenvalue weighted by Crippen LogP contribution is 2.30. The fourth-order valence-electron chi connectivity index (χ4n) is 3.17. The van der Waals surface area contributed by atoms with Gasteiger partial charge in [-0.3, -0.25) is 9.59 Å². The molecular formula is C17H18N2O4. The lowest BCUT2D eigenvalue weighted by molar-refractivity contribution is -0.131. The van der Waals surface area contributed by atoms with Crippen molar-refractivity contribution in [2.75, 3.05) is 6.54 Å². The molecule has 2 aliphatic rings. The van der Waals surface area contributed by atoms with Crippen molar-refractivity contribution >= 4 is 23.9 Å².